The van der Waals surface area contributed by atoms with Crippen molar-refractivity contribution in [2.45, 2.75) is 45.4 Å². The average Bonchev–Trinajstić information content (AvgIpc) is 2.64. The van der Waals surface area contributed by atoms with E-state index in [9.17, 15) is 4.79 Å². The Balaban J connectivity index is 2.24. The molecule has 1 aliphatic rings. The van der Waals surface area contributed by atoms with Gasteiger partial charge >= 0.3 is 0 Å². The van der Waals surface area contributed by atoms with Gasteiger partial charge in [-0.25, -0.2) is 0 Å². The predicted molar refractivity (Wildman–Crippen MR) is 72.6 cm³/mol. The van der Waals surface area contributed by atoms with Gasteiger partial charge in [0.05, 0.1) is 4.88 Å². The van der Waals surface area contributed by atoms with Crippen LogP contribution in [0.2, 0.25) is 0 Å². The molecule has 17 heavy (non-hydrogen) atoms. The van der Waals surface area contributed by atoms with Crippen LogP contribution in [0.5, 0.6) is 0 Å². The fourth-order valence-electron chi connectivity index (χ4n) is 2.75. The minimum Gasteiger partial charge on any atom is -0.329 e. The monoisotopic (exact) mass is 251 g/mol. The van der Waals surface area contributed by atoms with Gasteiger partial charge in [-0.05, 0) is 31.9 Å². The van der Waals surface area contributed by atoms with Crippen molar-refractivity contribution in [1.29, 1.82) is 0 Å². The standard InChI is InChI=1S/C14H21NOS/c1-11-6-7-12(17-11)13(16)14(10-15)8-4-2-3-5-9-14/h6-7H,2-5,8-10,15H2,1H3. The molecule has 1 aromatic rings. The number of thiophene rings is 1. The maximum absolute atomic E-state index is 12.6. The highest BCUT2D eigenvalue weighted by atomic mass is 32.1. The first-order valence-electron chi connectivity index (χ1n) is 6.49. The number of Topliss-reactive ketones (excluding diaryl/α,β-unsaturated/α-hetero) is 1. The first kappa shape index (κ1) is 12.8. The van der Waals surface area contributed by atoms with Crippen LogP contribution >= 0.6 is 11.3 Å². The zero-order valence-electron chi connectivity index (χ0n) is 10.5. The summed E-state index contributed by atoms with van der Waals surface area (Å²) in [6, 6.07) is 3.99. The largest absolute Gasteiger partial charge is 0.329 e. The van der Waals surface area contributed by atoms with Crippen LogP contribution in [0.25, 0.3) is 0 Å². The van der Waals surface area contributed by atoms with Crippen LogP contribution in [-0.2, 0) is 0 Å². The van der Waals surface area contributed by atoms with Crippen molar-refractivity contribution in [2.75, 3.05) is 6.54 Å². The number of rotatable bonds is 3. The molecule has 2 rings (SSSR count). The van der Waals surface area contributed by atoms with Gasteiger partial charge in [0.25, 0.3) is 0 Å². The lowest BCUT2D eigenvalue weighted by Crippen LogP contribution is -2.38. The smallest absolute Gasteiger partial charge is 0.180 e. The molecule has 1 aromatic heterocycles. The summed E-state index contributed by atoms with van der Waals surface area (Å²) in [5, 5.41) is 0. The van der Waals surface area contributed by atoms with Crippen LogP contribution in [-0.4, -0.2) is 12.3 Å². The molecule has 1 aliphatic carbocycles. The summed E-state index contributed by atoms with van der Waals surface area (Å²) in [5.74, 6) is 0.292. The number of carbonyl (C=O) groups is 1. The normalized spacial score (nSPS) is 19.9. The number of carbonyl (C=O) groups excluding carboxylic acids is 1. The molecule has 0 bridgehead atoms. The lowest BCUT2D eigenvalue weighted by molar-refractivity contribution is 0.0779. The molecule has 0 aliphatic heterocycles. The Morgan fingerprint density at radius 3 is 2.41 bits per heavy atom. The number of nitrogens with two attached hydrogens (primary N) is 1. The molecule has 0 atom stereocenters. The van der Waals surface area contributed by atoms with Gasteiger partial charge in [0.2, 0.25) is 0 Å². The summed E-state index contributed by atoms with van der Waals surface area (Å²) in [6.07, 6.45) is 6.73. The van der Waals surface area contributed by atoms with E-state index in [-0.39, 0.29) is 5.41 Å². The van der Waals surface area contributed by atoms with Gasteiger partial charge in [0.1, 0.15) is 0 Å². The van der Waals surface area contributed by atoms with Gasteiger partial charge in [-0.2, -0.15) is 0 Å². The van der Waals surface area contributed by atoms with E-state index < -0.39 is 0 Å². The molecular weight excluding hydrogens is 230 g/mol. The Kier molecular flexibility index (Phi) is 4.00. The van der Waals surface area contributed by atoms with E-state index >= 15 is 0 Å². The highest BCUT2D eigenvalue weighted by Crippen LogP contribution is 2.38. The van der Waals surface area contributed by atoms with Crippen LogP contribution in [0.1, 0.15) is 53.1 Å². The van der Waals surface area contributed by atoms with Crippen molar-refractivity contribution in [3.05, 3.63) is 21.9 Å². The zero-order chi connectivity index (χ0) is 12.3. The average molecular weight is 251 g/mol. The molecule has 0 unspecified atom stereocenters. The van der Waals surface area contributed by atoms with Crippen LogP contribution in [0.4, 0.5) is 0 Å². The van der Waals surface area contributed by atoms with Gasteiger partial charge in [-0.15, -0.1) is 11.3 Å². The molecule has 0 saturated heterocycles. The van der Waals surface area contributed by atoms with E-state index in [0.717, 1.165) is 30.6 Å². The van der Waals surface area contributed by atoms with Crippen LogP contribution in [0.15, 0.2) is 12.1 Å². The third-order valence-corrected chi connectivity index (χ3v) is 4.90. The van der Waals surface area contributed by atoms with E-state index in [1.807, 2.05) is 19.1 Å². The molecule has 0 aromatic carbocycles. The fraction of sp³-hybridized carbons (Fsp3) is 0.643. The third kappa shape index (κ3) is 2.61. The Labute approximate surface area is 107 Å². The van der Waals surface area contributed by atoms with Gasteiger partial charge in [-0.1, -0.05) is 25.7 Å². The maximum Gasteiger partial charge on any atom is 0.180 e. The highest BCUT2D eigenvalue weighted by Gasteiger charge is 2.38. The molecule has 0 radical (unpaired) electrons. The minimum atomic E-state index is -0.270. The molecule has 0 amide bonds. The lowest BCUT2D eigenvalue weighted by atomic mass is 9.76. The van der Waals surface area contributed by atoms with Crippen molar-refractivity contribution in [3.63, 3.8) is 0 Å². The first-order valence-corrected chi connectivity index (χ1v) is 7.31. The summed E-state index contributed by atoms with van der Waals surface area (Å²) in [7, 11) is 0. The molecule has 1 fully saturated rings. The summed E-state index contributed by atoms with van der Waals surface area (Å²) in [6.45, 7) is 2.55. The number of hydrogen-bond donors (Lipinski definition) is 1. The van der Waals surface area contributed by atoms with Crippen molar-refractivity contribution < 1.29 is 4.79 Å². The van der Waals surface area contributed by atoms with Crippen molar-refractivity contribution in [2.24, 2.45) is 11.1 Å². The van der Waals surface area contributed by atoms with E-state index in [1.165, 1.54) is 17.7 Å². The molecule has 1 saturated carbocycles. The summed E-state index contributed by atoms with van der Waals surface area (Å²) in [5.41, 5.74) is 5.67. The summed E-state index contributed by atoms with van der Waals surface area (Å²) in [4.78, 5) is 14.8. The van der Waals surface area contributed by atoms with E-state index in [2.05, 4.69) is 0 Å². The van der Waals surface area contributed by atoms with Crippen LogP contribution < -0.4 is 5.73 Å². The Bertz CT molecular complexity index is 389. The molecule has 2 N–H and O–H groups in total. The second kappa shape index (κ2) is 5.32. The fourth-order valence-corrected chi connectivity index (χ4v) is 3.68. The molecule has 94 valence electrons. The van der Waals surface area contributed by atoms with E-state index in [1.54, 1.807) is 11.3 Å². The van der Waals surface area contributed by atoms with Crippen LogP contribution in [0.3, 0.4) is 0 Å². The van der Waals surface area contributed by atoms with Crippen molar-refractivity contribution in [3.8, 4) is 0 Å². The molecular formula is C14H21NOS. The molecule has 3 heteroatoms. The predicted octanol–water partition coefficient (Wildman–Crippen LogP) is 3.54. The molecule has 0 spiro atoms. The summed E-state index contributed by atoms with van der Waals surface area (Å²) < 4.78 is 0. The maximum atomic E-state index is 12.6. The second-order valence-corrected chi connectivity index (χ2v) is 6.43. The Hall–Kier alpha value is -0.670. The van der Waals surface area contributed by atoms with E-state index in [0.29, 0.717) is 12.3 Å². The Morgan fingerprint density at radius 1 is 1.29 bits per heavy atom. The van der Waals surface area contributed by atoms with Crippen molar-refractivity contribution >= 4 is 17.1 Å². The molecule has 1 heterocycles. The van der Waals surface area contributed by atoms with Crippen LogP contribution in [0, 0.1) is 12.3 Å². The Morgan fingerprint density at radius 2 is 1.94 bits per heavy atom. The van der Waals surface area contributed by atoms with Gasteiger partial charge in [0.15, 0.2) is 5.78 Å². The first-order chi connectivity index (χ1) is 8.18. The number of hydrogen-bond acceptors (Lipinski definition) is 3. The third-order valence-electron chi connectivity index (χ3n) is 3.90. The summed E-state index contributed by atoms with van der Waals surface area (Å²) >= 11 is 1.61. The van der Waals surface area contributed by atoms with Gasteiger partial charge in [-0.3, -0.25) is 4.79 Å². The van der Waals surface area contributed by atoms with E-state index in [4.69, 9.17) is 5.73 Å². The van der Waals surface area contributed by atoms with Gasteiger partial charge in [0, 0.05) is 16.8 Å². The number of aryl methyl sites for hydroxylation is 1. The molecule has 2 nitrogen and oxygen atoms in total. The van der Waals surface area contributed by atoms with Crippen molar-refractivity contribution in [1.82, 2.24) is 0 Å². The van der Waals surface area contributed by atoms with Gasteiger partial charge < -0.3 is 5.73 Å². The SMILES string of the molecule is Cc1ccc(C(=O)C2(CN)CCCCCC2)s1. The second-order valence-electron chi connectivity index (χ2n) is 5.14. The quantitative estimate of drug-likeness (QED) is 0.659. The zero-order valence-corrected chi connectivity index (χ0v) is 11.3. The topological polar surface area (TPSA) is 43.1 Å². The number of ketones is 1. The minimum absolute atomic E-state index is 0.270. The highest BCUT2D eigenvalue weighted by molar-refractivity contribution is 7.14. The lowest BCUT2D eigenvalue weighted by Gasteiger charge is -2.29.